The third kappa shape index (κ3) is 6.34. The minimum absolute atomic E-state index is 0.0490. The van der Waals surface area contributed by atoms with E-state index in [-0.39, 0.29) is 11.7 Å². The summed E-state index contributed by atoms with van der Waals surface area (Å²) in [4.78, 5) is 11.5. The maximum Gasteiger partial charge on any atom is 0.221 e. The highest BCUT2D eigenvalue weighted by atomic mass is 19.1. The summed E-state index contributed by atoms with van der Waals surface area (Å²) in [6, 6.07) is 5.15. The highest BCUT2D eigenvalue weighted by molar-refractivity contribution is 5.76. The Balaban J connectivity index is 2.24. The first-order valence-corrected chi connectivity index (χ1v) is 6.74. The SMILES string of the molecule is Cc1cc(F)ccc1CCNC(=O)CCNC(C)C. The van der Waals surface area contributed by atoms with E-state index in [4.69, 9.17) is 0 Å². The van der Waals surface area contributed by atoms with E-state index in [1.807, 2.05) is 6.92 Å². The second-order valence-electron chi connectivity index (χ2n) is 5.03. The fourth-order valence-corrected chi connectivity index (χ4v) is 1.84. The van der Waals surface area contributed by atoms with Crippen molar-refractivity contribution in [2.75, 3.05) is 13.1 Å². The van der Waals surface area contributed by atoms with Crippen LogP contribution in [0.2, 0.25) is 0 Å². The normalized spacial score (nSPS) is 10.8. The molecular formula is C15H23FN2O. The number of aryl methyl sites for hydroxylation is 1. The van der Waals surface area contributed by atoms with Gasteiger partial charge in [-0.1, -0.05) is 19.9 Å². The van der Waals surface area contributed by atoms with Gasteiger partial charge in [0.1, 0.15) is 5.82 Å². The zero-order chi connectivity index (χ0) is 14.3. The molecule has 0 heterocycles. The number of carbonyl (C=O) groups excluding carboxylic acids is 1. The van der Waals surface area contributed by atoms with Gasteiger partial charge in [-0.15, -0.1) is 0 Å². The molecule has 0 spiro atoms. The molecule has 0 aromatic heterocycles. The van der Waals surface area contributed by atoms with Crippen molar-refractivity contribution < 1.29 is 9.18 Å². The molecule has 0 bridgehead atoms. The Bertz CT molecular complexity index is 419. The van der Waals surface area contributed by atoms with E-state index >= 15 is 0 Å². The highest BCUT2D eigenvalue weighted by Crippen LogP contribution is 2.10. The molecule has 0 aliphatic carbocycles. The average molecular weight is 266 g/mol. The monoisotopic (exact) mass is 266 g/mol. The molecule has 0 unspecified atom stereocenters. The van der Waals surface area contributed by atoms with E-state index in [1.165, 1.54) is 12.1 Å². The van der Waals surface area contributed by atoms with Crippen molar-refractivity contribution in [3.8, 4) is 0 Å². The summed E-state index contributed by atoms with van der Waals surface area (Å²) in [6.07, 6.45) is 1.22. The lowest BCUT2D eigenvalue weighted by atomic mass is 10.1. The van der Waals surface area contributed by atoms with Crippen molar-refractivity contribution in [1.29, 1.82) is 0 Å². The molecule has 1 amide bonds. The maximum absolute atomic E-state index is 12.9. The molecule has 0 saturated heterocycles. The second-order valence-corrected chi connectivity index (χ2v) is 5.03. The van der Waals surface area contributed by atoms with Crippen molar-refractivity contribution in [3.63, 3.8) is 0 Å². The Labute approximate surface area is 114 Å². The van der Waals surface area contributed by atoms with Crippen LogP contribution in [0.3, 0.4) is 0 Å². The van der Waals surface area contributed by atoms with Crippen LogP contribution in [-0.2, 0) is 11.2 Å². The quantitative estimate of drug-likeness (QED) is 0.794. The maximum atomic E-state index is 12.9. The molecule has 3 nitrogen and oxygen atoms in total. The number of hydrogen-bond donors (Lipinski definition) is 2. The number of halogens is 1. The Morgan fingerprint density at radius 1 is 1.32 bits per heavy atom. The van der Waals surface area contributed by atoms with Crippen LogP contribution < -0.4 is 10.6 Å². The molecule has 2 N–H and O–H groups in total. The molecule has 1 aromatic carbocycles. The Morgan fingerprint density at radius 3 is 2.68 bits per heavy atom. The standard InChI is InChI=1S/C15H23FN2O/c1-11(2)17-9-7-15(19)18-8-6-13-4-5-14(16)10-12(13)3/h4-5,10-11,17H,6-9H2,1-3H3,(H,18,19). The van der Waals surface area contributed by atoms with Crippen molar-refractivity contribution in [2.45, 2.75) is 39.7 Å². The fraction of sp³-hybridized carbons (Fsp3) is 0.533. The molecule has 0 aliphatic heterocycles. The third-order valence-corrected chi connectivity index (χ3v) is 2.93. The summed E-state index contributed by atoms with van der Waals surface area (Å²) in [7, 11) is 0. The number of amides is 1. The van der Waals surface area contributed by atoms with Gasteiger partial charge in [-0.05, 0) is 36.6 Å². The Hall–Kier alpha value is -1.42. The van der Waals surface area contributed by atoms with Gasteiger partial charge < -0.3 is 10.6 Å². The molecule has 106 valence electrons. The van der Waals surface area contributed by atoms with Crippen LogP contribution >= 0.6 is 0 Å². The summed E-state index contributed by atoms with van der Waals surface area (Å²) >= 11 is 0. The van der Waals surface area contributed by atoms with E-state index < -0.39 is 0 Å². The topological polar surface area (TPSA) is 41.1 Å². The predicted octanol–water partition coefficient (Wildman–Crippen LogP) is 2.18. The zero-order valence-corrected chi connectivity index (χ0v) is 11.9. The lowest BCUT2D eigenvalue weighted by molar-refractivity contribution is -0.120. The Morgan fingerprint density at radius 2 is 2.05 bits per heavy atom. The molecule has 1 rings (SSSR count). The molecule has 19 heavy (non-hydrogen) atoms. The van der Waals surface area contributed by atoms with Gasteiger partial charge in [0.25, 0.3) is 0 Å². The first kappa shape index (κ1) is 15.6. The van der Waals surface area contributed by atoms with Gasteiger partial charge in [-0.25, -0.2) is 4.39 Å². The summed E-state index contributed by atoms with van der Waals surface area (Å²) in [5, 5.41) is 6.07. The van der Waals surface area contributed by atoms with Crippen LogP contribution in [0.15, 0.2) is 18.2 Å². The minimum Gasteiger partial charge on any atom is -0.356 e. The van der Waals surface area contributed by atoms with Gasteiger partial charge in [0.15, 0.2) is 0 Å². The molecule has 0 saturated carbocycles. The largest absolute Gasteiger partial charge is 0.356 e. The average Bonchev–Trinajstić information content (AvgIpc) is 2.31. The molecule has 0 fully saturated rings. The van der Waals surface area contributed by atoms with E-state index in [0.717, 1.165) is 17.5 Å². The number of hydrogen-bond acceptors (Lipinski definition) is 2. The third-order valence-electron chi connectivity index (χ3n) is 2.93. The summed E-state index contributed by atoms with van der Waals surface area (Å²) in [5.41, 5.74) is 2.00. The first-order chi connectivity index (χ1) is 8.99. The van der Waals surface area contributed by atoms with Crippen LogP contribution in [0, 0.1) is 12.7 Å². The van der Waals surface area contributed by atoms with E-state index in [9.17, 15) is 9.18 Å². The first-order valence-electron chi connectivity index (χ1n) is 6.74. The smallest absolute Gasteiger partial charge is 0.221 e. The van der Waals surface area contributed by atoms with Crippen molar-refractivity contribution in [1.82, 2.24) is 10.6 Å². The fourth-order valence-electron chi connectivity index (χ4n) is 1.84. The van der Waals surface area contributed by atoms with Crippen LogP contribution in [0.25, 0.3) is 0 Å². The summed E-state index contributed by atoms with van der Waals surface area (Å²) < 4.78 is 12.9. The van der Waals surface area contributed by atoms with Gasteiger partial charge in [0, 0.05) is 25.6 Å². The minimum atomic E-state index is -0.218. The number of benzene rings is 1. The predicted molar refractivity (Wildman–Crippen MR) is 75.6 cm³/mol. The second kappa shape index (κ2) is 7.89. The molecule has 1 aromatic rings. The van der Waals surface area contributed by atoms with Crippen molar-refractivity contribution >= 4 is 5.91 Å². The lowest BCUT2D eigenvalue weighted by Gasteiger charge is -2.09. The molecule has 4 heteroatoms. The lowest BCUT2D eigenvalue weighted by Crippen LogP contribution is -2.31. The highest BCUT2D eigenvalue weighted by Gasteiger charge is 2.03. The van der Waals surface area contributed by atoms with Gasteiger partial charge in [-0.2, -0.15) is 0 Å². The number of carbonyl (C=O) groups is 1. The Kier molecular flexibility index (Phi) is 6.50. The molecule has 0 atom stereocenters. The van der Waals surface area contributed by atoms with Gasteiger partial charge in [0.05, 0.1) is 0 Å². The van der Waals surface area contributed by atoms with Crippen LogP contribution in [-0.4, -0.2) is 25.0 Å². The van der Waals surface area contributed by atoms with E-state index in [0.29, 0.717) is 25.6 Å². The van der Waals surface area contributed by atoms with Gasteiger partial charge >= 0.3 is 0 Å². The van der Waals surface area contributed by atoms with Crippen molar-refractivity contribution in [3.05, 3.63) is 35.1 Å². The molecule has 0 aliphatic rings. The molecule has 0 radical (unpaired) electrons. The zero-order valence-electron chi connectivity index (χ0n) is 11.9. The van der Waals surface area contributed by atoms with Crippen LogP contribution in [0.1, 0.15) is 31.4 Å². The van der Waals surface area contributed by atoms with Gasteiger partial charge in [0.2, 0.25) is 5.91 Å². The summed E-state index contributed by atoms with van der Waals surface area (Å²) in [5.74, 6) is -0.169. The van der Waals surface area contributed by atoms with Crippen LogP contribution in [0.5, 0.6) is 0 Å². The van der Waals surface area contributed by atoms with E-state index in [2.05, 4.69) is 24.5 Å². The van der Waals surface area contributed by atoms with Crippen molar-refractivity contribution in [2.24, 2.45) is 0 Å². The number of nitrogens with one attached hydrogen (secondary N) is 2. The summed E-state index contributed by atoms with van der Waals surface area (Å²) in [6.45, 7) is 7.27. The van der Waals surface area contributed by atoms with Gasteiger partial charge in [-0.3, -0.25) is 4.79 Å². The number of rotatable bonds is 7. The van der Waals surface area contributed by atoms with Crippen LogP contribution in [0.4, 0.5) is 4.39 Å². The molecular weight excluding hydrogens is 243 g/mol. The van der Waals surface area contributed by atoms with E-state index in [1.54, 1.807) is 6.07 Å².